The Morgan fingerprint density at radius 3 is 2.39 bits per heavy atom. The van der Waals surface area contributed by atoms with Crippen LogP contribution in [0.2, 0.25) is 0 Å². The molecule has 0 spiro atoms. The highest BCUT2D eigenvalue weighted by molar-refractivity contribution is 5.93. The van der Waals surface area contributed by atoms with Gasteiger partial charge in [0.05, 0.1) is 30.5 Å². The predicted octanol–water partition coefficient (Wildman–Crippen LogP) is 3.14. The Hall–Kier alpha value is -3.99. The van der Waals surface area contributed by atoms with Crippen molar-refractivity contribution in [2.75, 3.05) is 38.0 Å². The van der Waals surface area contributed by atoms with Crippen LogP contribution in [-0.4, -0.2) is 69.3 Å². The number of hydrogen-bond acceptors (Lipinski definition) is 5. The molecule has 0 radical (unpaired) electrons. The monoisotopic (exact) mass is 498 g/mol. The molecule has 1 fully saturated rings. The van der Waals surface area contributed by atoms with Crippen molar-refractivity contribution in [2.24, 2.45) is 0 Å². The molecule has 36 heavy (non-hydrogen) atoms. The van der Waals surface area contributed by atoms with E-state index in [2.05, 4.69) is 15.6 Å². The Balaban J connectivity index is 1.23. The fourth-order valence-electron chi connectivity index (χ4n) is 3.86. The molecule has 3 aromatic rings. The molecule has 0 bridgehead atoms. The quantitative estimate of drug-likeness (QED) is 0.506. The number of carbonyl (C=O) groups is 2. The van der Waals surface area contributed by atoms with Gasteiger partial charge in [-0.3, -0.25) is 14.5 Å². The van der Waals surface area contributed by atoms with Crippen molar-refractivity contribution in [2.45, 2.75) is 12.7 Å². The standard InChI is InChI=1S/C25H25F3N6O2/c26-25(27,28)21-8-4-5-9-22(21)29-23(35)18-32-12-14-33(15-13-32)24(36)11-10-20-17-34(31-30-20)16-19-6-2-1-3-7-19/h1-11,17H,12-16,18H2,(H,29,35)/b11-10+. The van der Waals surface area contributed by atoms with Crippen LogP contribution in [0.3, 0.4) is 0 Å². The van der Waals surface area contributed by atoms with Gasteiger partial charge in [0, 0.05) is 32.3 Å². The molecule has 0 atom stereocenters. The van der Waals surface area contributed by atoms with Crippen LogP contribution in [0.25, 0.3) is 6.08 Å². The van der Waals surface area contributed by atoms with E-state index in [1.807, 2.05) is 30.3 Å². The van der Waals surface area contributed by atoms with E-state index in [1.54, 1.807) is 26.8 Å². The number of aromatic nitrogens is 3. The number of alkyl halides is 3. The van der Waals surface area contributed by atoms with E-state index in [-0.39, 0.29) is 18.1 Å². The normalized spacial score (nSPS) is 14.8. The zero-order valence-corrected chi connectivity index (χ0v) is 19.4. The molecule has 1 aliphatic heterocycles. The first kappa shape index (κ1) is 25.1. The average molecular weight is 499 g/mol. The number of piperazine rings is 1. The summed E-state index contributed by atoms with van der Waals surface area (Å²) < 4.78 is 41.1. The molecule has 4 rings (SSSR count). The Labute approximate surface area is 206 Å². The fraction of sp³-hybridized carbons (Fsp3) is 0.280. The smallest absolute Gasteiger partial charge is 0.337 e. The number of hydrogen-bond donors (Lipinski definition) is 1. The van der Waals surface area contributed by atoms with Gasteiger partial charge in [-0.25, -0.2) is 4.68 Å². The summed E-state index contributed by atoms with van der Waals surface area (Å²) in [4.78, 5) is 28.3. The van der Waals surface area contributed by atoms with E-state index in [9.17, 15) is 22.8 Å². The van der Waals surface area contributed by atoms with Crippen molar-refractivity contribution in [3.05, 3.63) is 83.7 Å². The fourth-order valence-corrected chi connectivity index (χ4v) is 3.86. The summed E-state index contributed by atoms with van der Waals surface area (Å²) >= 11 is 0. The second-order valence-electron chi connectivity index (χ2n) is 8.35. The summed E-state index contributed by atoms with van der Waals surface area (Å²) in [7, 11) is 0. The maximum atomic E-state index is 13.1. The molecule has 11 heteroatoms. The summed E-state index contributed by atoms with van der Waals surface area (Å²) in [5, 5.41) is 10.5. The largest absolute Gasteiger partial charge is 0.418 e. The first-order valence-electron chi connectivity index (χ1n) is 11.4. The second kappa shape index (κ2) is 11.2. The van der Waals surface area contributed by atoms with Gasteiger partial charge in [0.25, 0.3) is 0 Å². The minimum absolute atomic E-state index is 0.0609. The number of anilines is 1. The topological polar surface area (TPSA) is 83.4 Å². The molecule has 1 aliphatic rings. The molecule has 188 valence electrons. The van der Waals surface area contributed by atoms with Gasteiger partial charge < -0.3 is 10.2 Å². The Bertz CT molecular complexity index is 1220. The van der Waals surface area contributed by atoms with Crippen LogP contribution in [0.15, 0.2) is 66.9 Å². The number of halogens is 3. The lowest BCUT2D eigenvalue weighted by Crippen LogP contribution is -2.50. The van der Waals surface area contributed by atoms with E-state index >= 15 is 0 Å². The maximum Gasteiger partial charge on any atom is 0.418 e. The van der Waals surface area contributed by atoms with Crippen molar-refractivity contribution < 1.29 is 22.8 Å². The SMILES string of the molecule is O=C(CN1CCN(C(=O)/C=C/c2cn(Cc3ccccc3)nn2)CC1)Nc1ccccc1C(F)(F)F. The number of nitrogens with one attached hydrogen (secondary N) is 1. The minimum Gasteiger partial charge on any atom is -0.337 e. The molecule has 2 aromatic carbocycles. The molecular formula is C25H25F3N6O2. The molecule has 1 N–H and O–H groups in total. The Kier molecular flexibility index (Phi) is 7.79. The summed E-state index contributed by atoms with van der Waals surface area (Å²) in [5.74, 6) is -0.722. The van der Waals surface area contributed by atoms with Crippen LogP contribution in [-0.2, 0) is 22.3 Å². The van der Waals surface area contributed by atoms with Crippen molar-refractivity contribution in [3.63, 3.8) is 0 Å². The second-order valence-corrected chi connectivity index (χ2v) is 8.35. The number of amides is 2. The summed E-state index contributed by atoms with van der Waals surface area (Å²) in [5.41, 5.74) is 0.495. The summed E-state index contributed by atoms with van der Waals surface area (Å²) in [6, 6.07) is 14.7. The first-order chi connectivity index (χ1) is 17.3. The van der Waals surface area contributed by atoms with Crippen molar-refractivity contribution in [1.29, 1.82) is 0 Å². The van der Waals surface area contributed by atoms with Crippen molar-refractivity contribution >= 4 is 23.6 Å². The van der Waals surface area contributed by atoms with Crippen LogP contribution in [0, 0.1) is 0 Å². The highest BCUT2D eigenvalue weighted by Crippen LogP contribution is 2.34. The van der Waals surface area contributed by atoms with Gasteiger partial charge in [0.1, 0.15) is 5.69 Å². The van der Waals surface area contributed by atoms with Crippen LogP contribution < -0.4 is 5.32 Å². The summed E-state index contributed by atoms with van der Waals surface area (Å²) in [6.07, 6.45) is 0.242. The third kappa shape index (κ3) is 6.79. The molecule has 8 nitrogen and oxygen atoms in total. The van der Waals surface area contributed by atoms with Gasteiger partial charge >= 0.3 is 6.18 Å². The van der Waals surface area contributed by atoms with Crippen molar-refractivity contribution in [3.8, 4) is 0 Å². The van der Waals surface area contributed by atoms with Gasteiger partial charge in [-0.15, -0.1) is 5.10 Å². The van der Waals surface area contributed by atoms with Crippen molar-refractivity contribution in [1.82, 2.24) is 24.8 Å². The molecular weight excluding hydrogens is 473 g/mol. The number of para-hydroxylation sites is 1. The third-order valence-electron chi connectivity index (χ3n) is 5.70. The highest BCUT2D eigenvalue weighted by atomic mass is 19.4. The molecule has 1 saturated heterocycles. The Morgan fingerprint density at radius 1 is 0.972 bits per heavy atom. The van der Waals surface area contributed by atoms with Crippen LogP contribution in [0.1, 0.15) is 16.8 Å². The van der Waals surface area contributed by atoms with Gasteiger partial charge in [-0.05, 0) is 23.8 Å². The number of carbonyl (C=O) groups excluding carboxylic acids is 2. The van der Waals surface area contributed by atoms with Crippen LogP contribution in [0.5, 0.6) is 0 Å². The van der Waals surface area contributed by atoms with Gasteiger partial charge in [0.2, 0.25) is 11.8 Å². The zero-order chi connectivity index (χ0) is 25.5. The lowest BCUT2D eigenvalue weighted by molar-refractivity contribution is -0.137. The van der Waals surface area contributed by atoms with E-state index in [0.29, 0.717) is 38.4 Å². The molecule has 0 unspecified atom stereocenters. The lowest BCUT2D eigenvalue weighted by atomic mass is 10.1. The van der Waals surface area contributed by atoms with E-state index in [0.717, 1.165) is 11.6 Å². The van der Waals surface area contributed by atoms with Gasteiger partial charge in [-0.1, -0.05) is 47.7 Å². The average Bonchev–Trinajstić information content (AvgIpc) is 3.30. The Morgan fingerprint density at radius 2 is 1.67 bits per heavy atom. The van der Waals surface area contributed by atoms with E-state index in [1.165, 1.54) is 24.3 Å². The van der Waals surface area contributed by atoms with Gasteiger partial charge in [-0.2, -0.15) is 13.2 Å². The van der Waals surface area contributed by atoms with Crippen LogP contribution in [0.4, 0.5) is 18.9 Å². The van der Waals surface area contributed by atoms with E-state index in [4.69, 9.17) is 0 Å². The number of rotatable bonds is 7. The number of benzene rings is 2. The third-order valence-corrected chi connectivity index (χ3v) is 5.70. The molecule has 1 aromatic heterocycles. The van der Waals surface area contributed by atoms with E-state index < -0.39 is 17.6 Å². The minimum atomic E-state index is -4.56. The zero-order valence-electron chi connectivity index (χ0n) is 19.4. The molecule has 0 saturated carbocycles. The highest BCUT2D eigenvalue weighted by Gasteiger charge is 2.33. The first-order valence-corrected chi connectivity index (χ1v) is 11.4. The maximum absolute atomic E-state index is 13.1. The molecule has 0 aliphatic carbocycles. The lowest BCUT2D eigenvalue weighted by Gasteiger charge is -2.33. The molecule has 2 heterocycles. The van der Waals surface area contributed by atoms with Gasteiger partial charge in [0.15, 0.2) is 0 Å². The predicted molar refractivity (Wildman–Crippen MR) is 128 cm³/mol. The molecule has 2 amide bonds. The van der Waals surface area contributed by atoms with Crippen LogP contribution >= 0.6 is 0 Å². The summed E-state index contributed by atoms with van der Waals surface area (Å²) in [6.45, 7) is 2.18. The number of nitrogens with zero attached hydrogens (tertiary/aromatic N) is 5.